The molecule has 0 aliphatic rings. The van der Waals surface area contributed by atoms with Gasteiger partial charge in [-0.05, 0) is 42.3 Å². The van der Waals surface area contributed by atoms with E-state index in [1.807, 2.05) is 42.6 Å². The number of aromatic nitrogens is 2. The Morgan fingerprint density at radius 1 is 1.15 bits per heavy atom. The minimum absolute atomic E-state index is 0.377. The molecule has 8 heteroatoms. The lowest BCUT2D eigenvalue weighted by Gasteiger charge is -2.08. The molecule has 0 unspecified atom stereocenters. The first-order valence-electron chi connectivity index (χ1n) is 8.00. The van der Waals surface area contributed by atoms with Gasteiger partial charge >= 0.3 is 11.8 Å². The van der Waals surface area contributed by atoms with E-state index in [1.165, 1.54) is 11.3 Å². The predicted molar refractivity (Wildman–Crippen MR) is 102 cm³/mol. The van der Waals surface area contributed by atoms with Gasteiger partial charge in [-0.2, -0.15) is 5.10 Å². The fourth-order valence-electron chi connectivity index (χ4n) is 2.38. The molecule has 0 aliphatic carbocycles. The van der Waals surface area contributed by atoms with E-state index in [1.54, 1.807) is 16.9 Å². The highest BCUT2D eigenvalue weighted by Crippen LogP contribution is 2.21. The number of anilines is 1. The summed E-state index contributed by atoms with van der Waals surface area (Å²) in [6.07, 6.45) is 4.20. The van der Waals surface area contributed by atoms with E-state index in [0.717, 1.165) is 10.4 Å². The Labute approximate surface area is 159 Å². The Morgan fingerprint density at radius 3 is 2.77 bits per heavy atom. The Morgan fingerprint density at radius 2 is 2.04 bits per heavy atom. The summed E-state index contributed by atoms with van der Waals surface area (Å²) in [4.78, 5) is 25.0. The zero-order valence-electron chi connectivity index (χ0n) is 13.8. The summed E-state index contributed by atoms with van der Waals surface area (Å²) in [6, 6.07) is 12.9. The molecule has 26 heavy (non-hydrogen) atoms. The molecule has 0 fully saturated rings. The quantitative estimate of drug-likeness (QED) is 0.637. The number of halogens is 1. The summed E-state index contributed by atoms with van der Waals surface area (Å²) in [7, 11) is 0. The monoisotopic (exact) mass is 388 g/mol. The van der Waals surface area contributed by atoms with Crippen LogP contribution in [0.3, 0.4) is 0 Å². The molecule has 1 aromatic carbocycles. The third-order valence-electron chi connectivity index (χ3n) is 3.58. The zero-order valence-corrected chi connectivity index (χ0v) is 15.4. The van der Waals surface area contributed by atoms with Gasteiger partial charge < -0.3 is 10.6 Å². The molecular formula is C18H17ClN4O2S. The number of carbonyl (C=O) groups is 2. The lowest BCUT2D eigenvalue weighted by Crippen LogP contribution is -2.36. The van der Waals surface area contributed by atoms with Crippen LogP contribution in [0.25, 0.3) is 0 Å². The molecule has 0 aliphatic heterocycles. The molecule has 6 nitrogen and oxygen atoms in total. The highest BCUT2D eigenvalue weighted by atomic mass is 35.5. The van der Waals surface area contributed by atoms with Gasteiger partial charge in [0.25, 0.3) is 0 Å². The van der Waals surface area contributed by atoms with E-state index in [9.17, 15) is 9.59 Å². The van der Waals surface area contributed by atoms with Crippen LogP contribution < -0.4 is 10.6 Å². The van der Waals surface area contributed by atoms with Crippen LogP contribution in [0.1, 0.15) is 10.4 Å². The average Bonchev–Trinajstić information content (AvgIpc) is 3.27. The van der Waals surface area contributed by atoms with E-state index in [4.69, 9.17) is 11.6 Å². The van der Waals surface area contributed by atoms with Crippen molar-refractivity contribution in [3.63, 3.8) is 0 Å². The van der Waals surface area contributed by atoms with Crippen LogP contribution >= 0.6 is 22.9 Å². The van der Waals surface area contributed by atoms with Crippen LogP contribution in [-0.2, 0) is 22.6 Å². The van der Waals surface area contributed by atoms with E-state index < -0.39 is 11.8 Å². The summed E-state index contributed by atoms with van der Waals surface area (Å²) < 4.78 is 2.49. The average molecular weight is 389 g/mol. The molecule has 3 rings (SSSR count). The van der Waals surface area contributed by atoms with Gasteiger partial charge in [0.2, 0.25) is 0 Å². The molecule has 0 saturated carbocycles. The number of thiophene rings is 1. The van der Waals surface area contributed by atoms with E-state index in [2.05, 4.69) is 15.7 Å². The standard InChI is InChI=1S/C18H17ClN4O2S/c19-16-6-5-15(26-16)7-9-20-17(24)18(25)22-14-4-1-3-13(11-14)12-23-10-2-8-21-23/h1-6,8,10-11H,7,9,12H2,(H,20,24)(H,22,25). The van der Waals surface area contributed by atoms with Gasteiger partial charge in [0.15, 0.2) is 0 Å². The minimum Gasteiger partial charge on any atom is -0.347 e. The van der Waals surface area contributed by atoms with Gasteiger partial charge in [0.05, 0.1) is 10.9 Å². The second-order valence-electron chi connectivity index (χ2n) is 5.57. The first kappa shape index (κ1) is 18.2. The van der Waals surface area contributed by atoms with Crippen molar-refractivity contribution >= 4 is 40.4 Å². The largest absolute Gasteiger partial charge is 0.347 e. The van der Waals surface area contributed by atoms with Crippen molar-refractivity contribution in [3.05, 3.63) is 69.6 Å². The van der Waals surface area contributed by atoms with Crippen LogP contribution in [0.5, 0.6) is 0 Å². The molecule has 3 aromatic rings. The topological polar surface area (TPSA) is 76.0 Å². The van der Waals surface area contributed by atoms with Crippen LogP contribution in [-0.4, -0.2) is 28.1 Å². The highest BCUT2D eigenvalue weighted by Gasteiger charge is 2.13. The number of nitrogens with one attached hydrogen (secondary N) is 2. The SMILES string of the molecule is O=C(NCCc1ccc(Cl)s1)C(=O)Nc1cccc(Cn2cccn2)c1. The van der Waals surface area contributed by atoms with Crippen molar-refractivity contribution in [2.75, 3.05) is 11.9 Å². The molecule has 0 radical (unpaired) electrons. The number of nitrogens with zero attached hydrogens (tertiary/aromatic N) is 2. The van der Waals surface area contributed by atoms with Crippen LogP contribution in [0.15, 0.2) is 54.9 Å². The fraction of sp³-hybridized carbons (Fsp3) is 0.167. The van der Waals surface area contributed by atoms with E-state index in [-0.39, 0.29) is 0 Å². The van der Waals surface area contributed by atoms with E-state index >= 15 is 0 Å². The minimum atomic E-state index is -0.689. The number of benzene rings is 1. The normalized spacial score (nSPS) is 10.5. The number of rotatable bonds is 6. The fourth-order valence-corrected chi connectivity index (χ4v) is 3.47. The summed E-state index contributed by atoms with van der Waals surface area (Å²) in [5.41, 5.74) is 1.54. The van der Waals surface area contributed by atoms with Crippen molar-refractivity contribution in [3.8, 4) is 0 Å². The lowest BCUT2D eigenvalue weighted by molar-refractivity contribution is -0.136. The summed E-state index contributed by atoms with van der Waals surface area (Å²) in [5, 5.41) is 9.37. The lowest BCUT2D eigenvalue weighted by atomic mass is 10.2. The second-order valence-corrected chi connectivity index (χ2v) is 7.37. The van der Waals surface area contributed by atoms with Gasteiger partial charge in [-0.15, -0.1) is 11.3 Å². The third kappa shape index (κ3) is 5.18. The number of amides is 2. The zero-order chi connectivity index (χ0) is 18.4. The Hall–Kier alpha value is -2.64. The highest BCUT2D eigenvalue weighted by molar-refractivity contribution is 7.16. The van der Waals surface area contributed by atoms with Crippen LogP contribution in [0, 0.1) is 0 Å². The van der Waals surface area contributed by atoms with Crippen molar-refractivity contribution in [1.29, 1.82) is 0 Å². The Balaban J connectivity index is 1.49. The number of hydrogen-bond acceptors (Lipinski definition) is 4. The summed E-state index contributed by atoms with van der Waals surface area (Å²) in [6.45, 7) is 0.967. The molecule has 0 saturated heterocycles. The first-order valence-corrected chi connectivity index (χ1v) is 9.19. The third-order valence-corrected chi connectivity index (χ3v) is 4.87. The predicted octanol–water partition coefficient (Wildman–Crippen LogP) is 2.94. The van der Waals surface area contributed by atoms with Gasteiger partial charge in [-0.3, -0.25) is 14.3 Å². The molecule has 2 amide bonds. The molecule has 0 bridgehead atoms. The first-order chi connectivity index (χ1) is 12.6. The van der Waals surface area contributed by atoms with Gasteiger partial charge in [-0.25, -0.2) is 0 Å². The van der Waals surface area contributed by atoms with Crippen molar-refractivity contribution in [2.45, 2.75) is 13.0 Å². The molecule has 0 spiro atoms. The summed E-state index contributed by atoms with van der Waals surface area (Å²) >= 11 is 7.32. The molecular weight excluding hydrogens is 372 g/mol. The Kier molecular flexibility index (Phi) is 6.04. The molecule has 2 heterocycles. The van der Waals surface area contributed by atoms with Crippen molar-refractivity contribution < 1.29 is 9.59 Å². The van der Waals surface area contributed by atoms with Crippen molar-refractivity contribution in [1.82, 2.24) is 15.1 Å². The van der Waals surface area contributed by atoms with Gasteiger partial charge in [-0.1, -0.05) is 23.7 Å². The van der Waals surface area contributed by atoms with Crippen molar-refractivity contribution in [2.24, 2.45) is 0 Å². The molecule has 0 atom stereocenters. The second kappa shape index (κ2) is 8.64. The van der Waals surface area contributed by atoms with Gasteiger partial charge in [0, 0.05) is 29.5 Å². The smallest absolute Gasteiger partial charge is 0.313 e. The van der Waals surface area contributed by atoms with Crippen LogP contribution in [0.4, 0.5) is 5.69 Å². The number of hydrogen-bond donors (Lipinski definition) is 2. The van der Waals surface area contributed by atoms with E-state index in [0.29, 0.717) is 29.5 Å². The maximum absolute atomic E-state index is 12.0. The maximum Gasteiger partial charge on any atom is 0.313 e. The summed E-state index contributed by atoms with van der Waals surface area (Å²) in [5.74, 6) is -1.35. The molecule has 2 aromatic heterocycles. The maximum atomic E-state index is 12.0. The van der Waals surface area contributed by atoms with Gasteiger partial charge in [0.1, 0.15) is 0 Å². The molecule has 134 valence electrons. The number of carbonyl (C=O) groups excluding carboxylic acids is 2. The Bertz CT molecular complexity index is 892. The molecule has 2 N–H and O–H groups in total. The van der Waals surface area contributed by atoms with Crippen LogP contribution in [0.2, 0.25) is 4.34 Å².